The minimum Gasteiger partial charge on any atom is -0.469 e. The summed E-state index contributed by atoms with van der Waals surface area (Å²) in [5.74, 6) is -0.0456. The van der Waals surface area contributed by atoms with Crippen LogP contribution in [0.25, 0.3) is 0 Å². The van der Waals surface area contributed by atoms with Gasteiger partial charge in [-0.15, -0.1) is 0 Å². The highest BCUT2D eigenvalue weighted by Crippen LogP contribution is 2.13. The Bertz CT molecular complexity index is 451. The van der Waals surface area contributed by atoms with Crippen LogP contribution in [0.3, 0.4) is 0 Å². The van der Waals surface area contributed by atoms with Gasteiger partial charge >= 0.3 is 12.1 Å². The topological polar surface area (TPSA) is 76.2 Å². The Morgan fingerprint density at radius 3 is 1.88 bits per heavy atom. The van der Waals surface area contributed by atoms with Crippen molar-refractivity contribution in [2.45, 2.75) is 64.9 Å². The van der Waals surface area contributed by atoms with Gasteiger partial charge in [-0.1, -0.05) is 12.8 Å². The van der Waals surface area contributed by atoms with Crippen LogP contribution >= 0.6 is 0 Å². The number of nitrogens with zero attached hydrogens (tertiary/aromatic N) is 2. The molecule has 1 fully saturated rings. The lowest BCUT2D eigenvalue weighted by atomic mass is 10.1. The van der Waals surface area contributed by atoms with Crippen LogP contribution in [0.4, 0.5) is 4.79 Å². The first-order valence-electron chi connectivity index (χ1n) is 9.05. The Balaban J connectivity index is 2.16. The summed E-state index contributed by atoms with van der Waals surface area (Å²) < 4.78 is 9.94. The number of esters is 1. The van der Waals surface area contributed by atoms with E-state index in [-0.39, 0.29) is 18.0 Å². The fraction of sp³-hybridized carbons (Fsp3) is 0.833. The van der Waals surface area contributed by atoms with Crippen molar-refractivity contribution in [3.05, 3.63) is 0 Å². The maximum Gasteiger partial charge on any atom is 0.410 e. The molecule has 0 aromatic rings. The van der Waals surface area contributed by atoms with Crippen molar-refractivity contribution >= 4 is 18.0 Å². The normalized spacial score (nSPS) is 15.0. The van der Waals surface area contributed by atoms with Crippen molar-refractivity contribution in [2.75, 3.05) is 33.3 Å². The molecule has 25 heavy (non-hydrogen) atoms. The summed E-state index contributed by atoms with van der Waals surface area (Å²) in [5, 5.41) is 0. The lowest BCUT2D eigenvalue weighted by Gasteiger charge is -2.35. The number of unbranched alkanes of at least 4 members (excludes halogenated alkanes) is 3. The molecule has 1 aliphatic rings. The second-order valence-electron chi connectivity index (χ2n) is 7.34. The molecule has 144 valence electrons. The zero-order valence-corrected chi connectivity index (χ0v) is 16.0. The average Bonchev–Trinajstić information content (AvgIpc) is 2.56. The second kappa shape index (κ2) is 10.3. The van der Waals surface area contributed by atoms with E-state index in [1.807, 2.05) is 25.7 Å². The SMILES string of the molecule is COC(=O)CCCCCCC(=O)N1CCN(C(=O)OC(C)(C)C)CC1. The number of piperazine rings is 1. The molecular weight excluding hydrogens is 324 g/mol. The van der Waals surface area contributed by atoms with Crippen LogP contribution < -0.4 is 0 Å². The molecule has 0 bridgehead atoms. The Labute approximate surface area is 150 Å². The van der Waals surface area contributed by atoms with Crippen LogP contribution in [-0.2, 0) is 19.1 Å². The minimum atomic E-state index is -0.502. The fourth-order valence-corrected chi connectivity index (χ4v) is 2.62. The zero-order chi connectivity index (χ0) is 18.9. The summed E-state index contributed by atoms with van der Waals surface area (Å²) in [6, 6.07) is 0. The summed E-state index contributed by atoms with van der Waals surface area (Å²) >= 11 is 0. The van der Waals surface area contributed by atoms with Gasteiger partial charge in [-0.3, -0.25) is 9.59 Å². The number of carbonyl (C=O) groups is 3. The van der Waals surface area contributed by atoms with Gasteiger partial charge in [-0.2, -0.15) is 0 Å². The maximum absolute atomic E-state index is 12.2. The van der Waals surface area contributed by atoms with Crippen molar-refractivity contribution in [2.24, 2.45) is 0 Å². The van der Waals surface area contributed by atoms with Gasteiger partial charge in [-0.05, 0) is 33.6 Å². The zero-order valence-electron chi connectivity index (χ0n) is 16.0. The highest BCUT2D eigenvalue weighted by Gasteiger charge is 2.27. The predicted molar refractivity (Wildman–Crippen MR) is 94.1 cm³/mol. The van der Waals surface area contributed by atoms with Crippen LogP contribution in [0.1, 0.15) is 59.3 Å². The van der Waals surface area contributed by atoms with Gasteiger partial charge in [0.25, 0.3) is 0 Å². The predicted octanol–water partition coefficient (Wildman–Crippen LogP) is 2.58. The van der Waals surface area contributed by atoms with Crippen molar-refractivity contribution < 1.29 is 23.9 Å². The molecule has 1 aliphatic heterocycles. The Kier molecular flexibility index (Phi) is 8.72. The lowest BCUT2D eigenvalue weighted by molar-refractivity contribution is -0.140. The molecule has 2 amide bonds. The minimum absolute atomic E-state index is 0.136. The molecule has 1 heterocycles. The van der Waals surface area contributed by atoms with E-state index >= 15 is 0 Å². The fourth-order valence-electron chi connectivity index (χ4n) is 2.62. The first kappa shape index (κ1) is 21.3. The number of hydrogen-bond donors (Lipinski definition) is 0. The molecule has 0 atom stereocenters. The van der Waals surface area contributed by atoms with E-state index in [1.54, 1.807) is 4.90 Å². The number of methoxy groups -OCH3 is 1. The molecule has 0 radical (unpaired) electrons. The molecule has 0 spiro atoms. The average molecular weight is 356 g/mol. The first-order chi connectivity index (χ1) is 11.7. The summed E-state index contributed by atoms with van der Waals surface area (Å²) in [4.78, 5) is 38.7. The molecule has 1 rings (SSSR count). The van der Waals surface area contributed by atoms with Gasteiger partial charge in [0, 0.05) is 39.0 Å². The molecule has 0 unspecified atom stereocenters. The van der Waals surface area contributed by atoms with Crippen molar-refractivity contribution in [1.29, 1.82) is 0 Å². The highest BCUT2D eigenvalue weighted by atomic mass is 16.6. The van der Waals surface area contributed by atoms with E-state index in [1.165, 1.54) is 7.11 Å². The maximum atomic E-state index is 12.2. The van der Waals surface area contributed by atoms with E-state index in [0.717, 1.165) is 25.7 Å². The van der Waals surface area contributed by atoms with E-state index < -0.39 is 5.60 Å². The summed E-state index contributed by atoms with van der Waals surface area (Å²) in [5.41, 5.74) is -0.502. The molecule has 0 aliphatic carbocycles. The van der Waals surface area contributed by atoms with E-state index in [0.29, 0.717) is 39.0 Å². The lowest BCUT2D eigenvalue weighted by Crippen LogP contribution is -2.51. The largest absolute Gasteiger partial charge is 0.469 e. The van der Waals surface area contributed by atoms with Crippen LogP contribution in [0, 0.1) is 0 Å². The number of amides is 2. The number of hydrogen-bond acceptors (Lipinski definition) is 5. The van der Waals surface area contributed by atoms with Crippen molar-refractivity contribution in [3.8, 4) is 0 Å². The molecule has 0 saturated carbocycles. The second-order valence-corrected chi connectivity index (χ2v) is 7.34. The van der Waals surface area contributed by atoms with E-state index in [4.69, 9.17) is 4.74 Å². The molecule has 7 heteroatoms. The van der Waals surface area contributed by atoms with Crippen LogP contribution in [0.5, 0.6) is 0 Å². The monoisotopic (exact) mass is 356 g/mol. The number of rotatable bonds is 7. The standard InChI is InChI=1S/C18H32N2O5/c1-18(2,3)25-17(23)20-13-11-19(12-14-20)15(21)9-7-5-6-8-10-16(22)24-4/h5-14H2,1-4H3. The first-order valence-corrected chi connectivity index (χ1v) is 9.05. The van der Waals surface area contributed by atoms with Gasteiger partial charge in [0.2, 0.25) is 5.91 Å². The Morgan fingerprint density at radius 1 is 0.840 bits per heavy atom. The smallest absolute Gasteiger partial charge is 0.410 e. The van der Waals surface area contributed by atoms with Gasteiger partial charge in [0.05, 0.1) is 7.11 Å². The molecule has 7 nitrogen and oxygen atoms in total. The summed E-state index contributed by atoms with van der Waals surface area (Å²) in [6.07, 6.45) is 4.13. The molecular formula is C18H32N2O5. The van der Waals surface area contributed by atoms with Gasteiger partial charge < -0.3 is 19.3 Å². The van der Waals surface area contributed by atoms with Crippen LogP contribution in [0.15, 0.2) is 0 Å². The molecule has 0 aromatic heterocycles. The third-order valence-corrected chi connectivity index (χ3v) is 4.03. The third-order valence-electron chi connectivity index (χ3n) is 4.03. The van der Waals surface area contributed by atoms with Gasteiger partial charge in [-0.25, -0.2) is 4.79 Å². The van der Waals surface area contributed by atoms with E-state index in [2.05, 4.69) is 4.74 Å². The van der Waals surface area contributed by atoms with Crippen LogP contribution in [0.2, 0.25) is 0 Å². The van der Waals surface area contributed by atoms with Crippen LogP contribution in [-0.4, -0.2) is 66.7 Å². The van der Waals surface area contributed by atoms with Gasteiger partial charge in [0.1, 0.15) is 5.60 Å². The quantitative estimate of drug-likeness (QED) is 0.518. The third kappa shape index (κ3) is 8.74. The number of carbonyl (C=O) groups excluding carboxylic acids is 3. The van der Waals surface area contributed by atoms with Crippen molar-refractivity contribution in [3.63, 3.8) is 0 Å². The summed E-state index contributed by atoms with van der Waals surface area (Å²) in [6.45, 7) is 7.67. The Morgan fingerprint density at radius 2 is 1.36 bits per heavy atom. The molecule has 0 aromatic carbocycles. The number of ether oxygens (including phenoxy) is 2. The Hall–Kier alpha value is -1.79. The summed E-state index contributed by atoms with van der Waals surface area (Å²) in [7, 11) is 1.39. The highest BCUT2D eigenvalue weighted by molar-refractivity contribution is 5.76. The van der Waals surface area contributed by atoms with Crippen molar-refractivity contribution in [1.82, 2.24) is 9.80 Å². The van der Waals surface area contributed by atoms with Gasteiger partial charge in [0.15, 0.2) is 0 Å². The molecule has 1 saturated heterocycles. The van der Waals surface area contributed by atoms with E-state index in [9.17, 15) is 14.4 Å². The molecule has 0 N–H and O–H groups in total.